The number of nitrogens with zero attached hydrogens (tertiary/aromatic N) is 3. The fourth-order valence-corrected chi connectivity index (χ4v) is 2.53. The van der Waals surface area contributed by atoms with Crippen molar-refractivity contribution in [2.75, 3.05) is 0 Å². The molecule has 0 unspecified atom stereocenters. The zero-order chi connectivity index (χ0) is 11.5. The quantitative estimate of drug-likeness (QED) is 0.817. The van der Waals surface area contributed by atoms with Crippen LogP contribution in [0.1, 0.15) is 5.69 Å². The first-order valence-corrected chi connectivity index (χ1v) is 6.49. The molecular formula is C13H11N3S. The summed E-state index contributed by atoms with van der Waals surface area (Å²) in [5.74, 6) is 0.840. The molecule has 1 aliphatic heterocycles. The normalized spacial score (nSPS) is 13.9. The monoisotopic (exact) mass is 241 g/mol. The first kappa shape index (κ1) is 10.5. The van der Waals surface area contributed by atoms with Crippen LogP contribution < -0.4 is 10.7 Å². The van der Waals surface area contributed by atoms with E-state index < -0.39 is 0 Å². The van der Waals surface area contributed by atoms with E-state index in [1.165, 1.54) is 0 Å². The number of fused-ring (bicyclic) bond motifs is 1. The SMILES string of the molecule is c1ccc(CSC2N=c3ccccc3=N2)nc1. The molecule has 0 aliphatic carbocycles. The van der Waals surface area contributed by atoms with Gasteiger partial charge in [0.05, 0.1) is 16.4 Å². The van der Waals surface area contributed by atoms with E-state index in [1.54, 1.807) is 11.8 Å². The van der Waals surface area contributed by atoms with Gasteiger partial charge >= 0.3 is 0 Å². The summed E-state index contributed by atoms with van der Waals surface area (Å²) in [6.07, 6.45) is 1.81. The highest BCUT2D eigenvalue weighted by Crippen LogP contribution is 2.18. The molecule has 0 bridgehead atoms. The summed E-state index contributed by atoms with van der Waals surface area (Å²) in [4.78, 5) is 13.4. The highest BCUT2D eigenvalue weighted by atomic mass is 32.2. The van der Waals surface area contributed by atoms with Crippen molar-refractivity contribution in [2.45, 2.75) is 11.3 Å². The first-order chi connectivity index (χ1) is 8.42. The van der Waals surface area contributed by atoms with Crippen molar-refractivity contribution >= 4 is 11.8 Å². The Balaban J connectivity index is 1.72. The van der Waals surface area contributed by atoms with Gasteiger partial charge in [0.15, 0.2) is 5.50 Å². The van der Waals surface area contributed by atoms with Gasteiger partial charge in [0, 0.05) is 11.9 Å². The molecule has 1 aliphatic rings. The standard InChI is InChI=1S/C13H11N3S/c1-2-7-12-11(6-1)15-13(16-12)17-9-10-5-3-4-8-14-10/h1-8,13H,9H2. The molecule has 1 aromatic heterocycles. The van der Waals surface area contributed by atoms with Gasteiger partial charge in [-0.3, -0.25) is 4.98 Å². The molecule has 3 rings (SSSR count). The van der Waals surface area contributed by atoms with Gasteiger partial charge in [0.25, 0.3) is 0 Å². The second-order valence-electron chi connectivity index (χ2n) is 3.71. The van der Waals surface area contributed by atoms with Crippen molar-refractivity contribution in [3.63, 3.8) is 0 Å². The molecule has 0 atom stereocenters. The van der Waals surface area contributed by atoms with Crippen molar-refractivity contribution < 1.29 is 0 Å². The second kappa shape index (κ2) is 4.67. The highest BCUT2D eigenvalue weighted by Gasteiger charge is 2.10. The molecule has 17 heavy (non-hydrogen) atoms. The number of rotatable bonds is 3. The molecule has 3 nitrogen and oxygen atoms in total. The maximum absolute atomic E-state index is 4.54. The van der Waals surface area contributed by atoms with E-state index in [2.05, 4.69) is 15.0 Å². The molecule has 0 fully saturated rings. The zero-order valence-electron chi connectivity index (χ0n) is 9.15. The van der Waals surface area contributed by atoms with Crippen molar-refractivity contribution in [3.05, 3.63) is 65.1 Å². The summed E-state index contributed by atoms with van der Waals surface area (Å²) in [5, 5.41) is 1.98. The summed E-state index contributed by atoms with van der Waals surface area (Å²) in [6, 6.07) is 13.9. The van der Waals surface area contributed by atoms with E-state index in [4.69, 9.17) is 0 Å². The van der Waals surface area contributed by atoms with Gasteiger partial charge in [0.1, 0.15) is 0 Å². The van der Waals surface area contributed by atoms with Crippen molar-refractivity contribution in [1.82, 2.24) is 4.98 Å². The van der Waals surface area contributed by atoms with Crippen LogP contribution in [0.15, 0.2) is 58.6 Å². The number of pyridine rings is 1. The number of hydrogen-bond donors (Lipinski definition) is 0. The molecule has 1 aromatic carbocycles. The van der Waals surface area contributed by atoms with Crippen LogP contribution in [-0.4, -0.2) is 10.5 Å². The van der Waals surface area contributed by atoms with E-state index in [1.807, 2.05) is 48.7 Å². The van der Waals surface area contributed by atoms with Crippen molar-refractivity contribution in [1.29, 1.82) is 0 Å². The molecule has 2 aromatic rings. The third-order valence-corrected chi connectivity index (χ3v) is 3.46. The minimum atomic E-state index is -0.0191. The maximum atomic E-state index is 4.54. The highest BCUT2D eigenvalue weighted by molar-refractivity contribution is 7.99. The fourth-order valence-electron chi connectivity index (χ4n) is 1.67. The summed E-state index contributed by atoms with van der Waals surface area (Å²) in [6.45, 7) is 0. The predicted octanol–water partition coefficient (Wildman–Crippen LogP) is 1.55. The van der Waals surface area contributed by atoms with Gasteiger partial charge < -0.3 is 0 Å². The Morgan fingerprint density at radius 2 is 1.65 bits per heavy atom. The molecule has 0 N–H and O–H groups in total. The second-order valence-corrected chi connectivity index (χ2v) is 4.75. The number of aromatic nitrogens is 1. The van der Waals surface area contributed by atoms with Gasteiger partial charge in [-0.05, 0) is 24.3 Å². The Hall–Kier alpha value is -1.68. The lowest BCUT2D eigenvalue weighted by Gasteiger charge is -2.02. The minimum absolute atomic E-state index is 0.0191. The van der Waals surface area contributed by atoms with Crippen LogP contribution in [0.4, 0.5) is 0 Å². The van der Waals surface area contributed by atoms with Crippen LogP contribution >= 0.6 is 11.8 Å². The van der Waals surface area contributed by atoms with Gasteiger partial charge in [-0.2, -0.15) is 0 Å². The average molecular weight is 241 g/mol. The number of para-hydroxylation sites is 2. The molecule has 2 heterocycles. The summed E-state index contributed by atoms with van der Waals surface area (Å²) >= 11 is 1.70. The van der Waals surface area contributed by atoms with Gasteiger partial charge in [-0.1, -0.05) is 18.2 Å². The van der Waals surface area contributed by atoms with Crippen molar-refractivity contribution in [3.8, 4) is 0 Å². The molecule has 0 radical (unpaired) electrons. The molecule has 4 heteroatoms. The Bertz CT molecular complexity index is 590. The predicted molar refractivity (Wildman–Crippen MR) is 68.1 cm³/mol. The Kier molecular flexibility index (Phi) is 2.88. The number of hydrogen-bond acceptors (Lipinski definition) is 4. The summed E-state index contributed by atoms with van der Waals surface area (Å²) in [7, 11) is 0. The maximum Gasteiger partial charge on any atom is 0.188 e. The first-order valence-electron chi connectivity index (χ1n) is 5.44. The molecule has 0 saturated carbocycles. The Labute approximate surface area is 103 Å². The minimum Gasteiger partial charge on any atom is -0.260 e. The van der Waals surface area contributed by atoms with E-state index in [-0.39, 0.29) is 5.50 Å². The van der Waals surface area contributed by atoms with E-state index in [9.17, 15) is 0 Å². The molecule has 84 valence electrons. The van der Waals surface area contributed by atoms with E-state index in [0.29, 0.717) is 0 Å². The summed E-state index contributed by atoms with van der Waals surface area (Å²) in [5.41, 5.74) is 1.05. The molecular weight excluding hydrogens is 230 g/mol. The van der Waals surface area contributed by atoms with Crippen LogP contribution in [-0.2, 0) is 5.75 Å². The van der Waals surface area contributed by atoms with Crippen LogP contribution in [0, 0.1) is 0 Å². The molecule has 0 amide bonds. The zero-order valence-corrected chi connectivity index (χ0v) is 9.97. The fraction of sp³-hybridized carbons (Fsp3) is 0.154. The van der Waals surface area contributed by atoms with E-state index in [0.717, 1.165) is 22.2 Å². The number of thioether (sulfide) groups is 1. The smallest absolute Gasteiger partial charge is 0.188 e. The van der Waals surface area contributed by atoms with Crippen molar-refractivity contribution in [2.24, 2.45) is 9.98 Å². The molecule has 0 saturated heterocycles. The van der Waals surface area contributed by atoms with Gasteiger partial charge in [0.2, 0.25) is 0 Å². The summed E-state index contributed by atoms with van der Waals surface area (Å²) < 4.78 is 0. The average Bonchev–Trinajstić information content (AvgIpc) is 2.80. The van der Waals surface area contributed by atoms with Crippen LogP contribution in [0.5, 0.6) is 0 Å². The Morgan fingerprint density at radius 1 is 0.941 bits per heavy atom. The van der Waals surface area contributed by atoms with Gasteiger partial charge in [-0.25, -0.2) is 9.98 Å². The Morgan fingerprint density at radius 3 is 2.29 bits per heavy atom. The lowest BCUT2D eigenvalue weighted by atomic mass is 10.3. The lowest BCUT2D eigenvalue weighted by Crippen LogP contribution is -2.19. The number of benzene rings is 1. The lowest BCUT2D eigenvalue weighted by molar-refractivity contribution is 0.972. The van der Waals surface area contributed by atoms with E-state index >= 15 is 0 Å². The molecule has 0 spiro atoms. The third-order valence-electron chi connectivity index (χ3n) is 2.49. The third kappa shape index (κ3) is 2.36. The largest absolute Gasteiger partial charge is 0.260 e. The van der Waals surface area contributed by atoms with Crippen LogP contribution in [0.3, 0.4) is 0 Å². The van der Waals surface area contributed by atoms with Gasteiger partial charge in [-0.15, -0.1) is 11.8 Å². The topological polar surface area (TPSA) is 37.6 Å². The van der Waals surface area contributed by atoms with Crippen LogP contribution in [0.2, 0.25) is 0 Å². The van der Waals surface area contributed by atoms with Crippen LogP contribution in [0.25, 0.3) is 0 Å².